The van der Waals surface area contributed by atoms with Gasteiger partial charge in [-0.2, -0.15) is 26.3 Å². The summed E-state index contributed by atoms with van der Waals surface area (Å²) >= 11 is 0. The zero-order valence-electron chi connectivity index (χ0n) is 22.0. The molecule has 1 aliphatic rings. The molecule has 0 aromatic heterocycles. The number of benzene rings is 2. The van der Waals surface area contributed by atoms with Gasteiger partial charge >= 0.3 is 18.4 Å². The minimum atomic E-state index is -5.92. The highest BCUT2D eigenvalue weighted by Crippen LogP contribution is 2.50. The van der Waals surface area contributed by atoms with Gasteiger partial charge in [0.05, 0.1) is 12.2 Å². The second-order valence-corrected chi connectivity index (χ2v) is 9.91. The van der Waals surface area contributed by atoms with Gasteiger partial charge < -0.3 is 15.7 Å². The minimum absolute atomic E-state index is 0.0529. The number of nitrogens with one attached hydrogen (secondary N) is 2. The summed E-state index contributed by atoms with van der Waals surface area (Å²) in [7, 11) is 1.60. The summed E-state index contributed by atoms with van der Waals surface area (Å²) in [6, 6.07) is 7.69. The van der Waals surface area contributed by atoms with Gasteiger partial charge in [0.1, 0.15) is 5.82 Å². The molecule has 2 amide bonds. The van der Waals surface area contributed by atoms with Crippen LogP contribution in [0.2, 0.25) is 0 Å². The maximum Gasteiger partial charge on any atom is 0.430 e. The molecule has 0 aliphatic carbocycles. The lowest BCUT2D eigenvalue weighted by Gasteiger charge is -2.33. The van der Waals surface area contributed by atoms with E-state index in [1.165, 1.54) is 12.1 Å². The number of aliphatic imine (C=N–C) groups is 1. The number of carbonyl (C=O) groups is 1. The van der Waals surface area contributed by atoms with Gasteiger partial charge in [-0.15, -0.1) is 0 Å². The highest BCUT2D eigenvalue weighted by molar-refractivity contribution is 5.93. The lowest BCUT2D eigenvalue weighted by atomic mass is 9.89. The quantitative estimate of drug-likeness (QED) is 0.275. The number of urea groups is 1. The first-order chi connectivity index (χ1) is 18.6. The number of nitrogens with zero attached hydrogens (tertiary/aromatic N) is 2. The molecule has 0 unspecified atom stereocenters. The van der Waals surface area contributed by atoms with Crippen molar-refractivity contribution in [1.29, 1.82) is 0 Å². The third kappa shape index (κ3) is 7.51. The number of piperidine rings is 1. The van der Waals surface area contributed by atoms with E-state index in [0.717, 1.165) is 36.2 Å². The van der Waals surface area contributed by atoms with Crippen LogP contribution in [0.1, 0.15) is 36.5 Å². The minimum Gasteiger partial charge on any atom is -0.369 e. The number of anilines is 1. The molecule has 0 spiro atoms. The molecular weight excluding hydrogens is 545 g/mol. The largest absolute Gasteiger partial charge is 0.430 e. The van der Waals surface area contributed by atoms with E-state index >= 15 is 0 Å². The molecule has 2 aromatic rings. The number of hydrogen-bond acceptors (Lipinski definition) is 4. The summed E-state index contributed by atoms with van der Waals surface area (Å²) in [6.45, 7) is 3.60. The van der Waals surface area contributed by atoms with Crippen molar-refractivity contribution in [2.75, 3.05) is 32.0 Å². The Labute approximate surface area is 227 Å². The van der Waals surface area contributed by atoms with E-state index < -0.39 is 35.4 Å². The molecule has 1 fully saturated rings. The summed E-state index contributed by atoms with van der Waals surface area (Å²) in [5.41, 5.74) is -4.18. The Morgan fingerprint density at radius 1 is 1.00 bits per heavy atom. The summed E-state index contributed by atoms with van der Waals surface area (Å²) in [6.07, 6.45) is -9.70. The fourth-order valence-corrected chi connectivity index (χ4v) is 4.52. The van der Waals surface area contributed by atoms with Gasteiger partial charge in [-0.1, -0.05) is 30.3 Å². The second kappa shape index (κ2) is 12.5. The average Bonchev–Trinajstić information content (AvgIpc) is 2.88. The number of alkyl halides is 6. The number of halogens is 7. The van der Waals surface area contributed by atoms with Gasteiger partial charge in [0.25, 0.3) is 5.60 Å². The van der Waals surface area contributed by atoms with Crippen LogP contribution in [-0.2, 0) is 18.6 Å². The standard InChI is InChI=1S/C27H31F7N4O2/c1-17(35-2)15-36-24(39)37-23-8-5-20(14-22(23)28)13-18-9-11-38(12-10-18)16-19-3-6-21(7-4-19)25(40,26(29,30)31)27(32,33)34/h3-8,14,18,40H,9-13,15-16H2,1-2H3,(H2,36,37,39). The van der Waals surface area contributed by atoms with E-state index in [-0.39, 0.29) is 18.2 Å². The number of amides is 2. The Morgan fingerprint density at radius 3 is 2.10 bits per heavy atom. The van der Waals surface area contributed by atoms with Gasteiger partial charge in [-0.05, 0) is 68.5 Å². The van der Waals surface area contributed by atoms with Crippen molar-refractivity contribution >= 4 is 17.4 Å². The maximum absolute atomic E-state index is 14.6. The maximum atomic E-state index is 14.6. The molecule has 1 aliphatic heterocycles. The Kier molecular flexibility index (Phi) is 9.83. The lowest BCUT2D eigenvalue weighted by Crippen LogP contribution is -2.53. The molecule has 220 valence electrons. The first-order valence-electron chi connectivity index (χ1n) is 12.6. The van der Waals surface area contributed by atoms with E-state index in [2.05, 4.69) is 15.6 Å². The third-order valence-electron chi connectivity index (χ3n) is 7.00. The Bertz CT molecular complexity index is 1170. The summed E-state index contributed by atoms with van der Waals surface area (Å²) in [5, 5.41) is 14.6. The molecule has 6 nitrogen and oxygen atoms in total. The van der Waals surface area contributed by atoms with Crippen LogP contribution >= 0.6 is 0 Å². The summed E-state index contributed by atoms with van der Waals surface area (Å²) in [5.74, 6) is -0.303. The van der Waals surface area contributed by atoms with Crippen LogP contribution in [0.4, 0.5) is 41.2 Å². The molecule has 1 heterocycles. The third-order valence-corrected chi connectivity index (χ3v) is 7.00. The van der Waals surface area contributed by atoms with E-state index in [0.29, 0.717) is 43.8 Å². The number of hydrogen-bond donors (Lipinski definition) is 3. The SMILES string of the molecule is CN=C(C)CNC(=O)Nc1ccc(CC2CCN(Cc3ccc(C(O)(C(F)(F)F)C(F)(F)F)cc3)CC2)cc1F. The van der Waals surface area contributed by atoms with Crippen LogP contribution in [0.15, 0.2) is 47.5 Å². The topological polar surface area (TPSA) is 77.0 Å². The molecule has 2 aromatic carbocycles. The summed E-state index contributed by atoms with van der Waals surface area (Å²) in [4.78, 5) is 17.9. The predicted molar refractivity (Wildman–Crippen MR) is 137 cm³/mol. The first kappa shape index (κ1) is 31.3. The Hall–Kier alpha value is -3.19. The number of aliphatic hydroxyl groups is 1. The molecule has 1 saturated heterocycles. The smallest absolute Gasteiger partial charge is 0.369 e. The number of rotatable bonds is 8. The van der Waals surface area contributed by atoms with Crippen LogP contribution in [-0.4, -0.2) is 60.8 Å². The van der Waals surface area contributed by atoms with Crippen molar-refractivity contribution in [3.8, 4) is 0 Å². The molecule has 3 rings (SSSR count). The monoisotopic (exact) mass is 576 g/mol. The Morgan fingerprint density at radius 2 is 1.57 bits per heavy atom. The second-order valence-electron chi connectivity index (χ2n) is 9.91. The van der Waals surface area contributed by atoms with Gasteiger partial charge in [0, 0.05) is 24.9 Å². The molecule has 0 bridgehead atoms. The van der Waals surface area contributed by atoms with Crippen LogP contribution < -0.4 is 10.6 Å². The van der Waals surface area contributed by atoms with Crippen LogP contribution in [0.5, 0.6) is 0 Å². The lowest BCUT2D eigenvalue weighted by molar-refractivity contribution is -0.376. The van der Waals surface area contributed by atoms with Crippen molar-refractivity contribution in [3.05, 3.63) is 65.0 Å². The molecule has 0 radical (unpaired) electrons. The highest BCUT2D eigenvalue weighted by Gasteiger charge is 2.71. The van der Waals surface area contributed by atoms with Crippen molar-refractivity contribution in [3.63, 3.8) is 0 Å². The zero-order chi connectivity index (χ0) is 29.7. The molecule has 13 heteroatoms. The molecular formula is C27H31F7N4O2. The number of likely N-dealkylation sites (tertiary alicyclic amines) is 1. The predicted octanol–water partition coefficient (Wildman–Crippen LogP) is 5.80. The van der Waals surface area contributed by atoms with Crippen LogP contribution in [0.25, 0.3) is 0 Å². The first-order valence-corrected chi connectivity index (χ1v) is 12.6. The van der Waals surface area contributed by atoms with Gasteiger partial charge in [-0.3, -0.25) is 9.89 Å². The van der Waals surface area contributed by atoms with Gasteiger partial charge in [-0.25, -0.2) is 9.18 Å². The highest BCUT2D eigenvalue weighted by atomic mass is 19.4. The summed E-state index contributed by atoms with van der Waals surface area (Å²) < 4.78 is 93.1. The average molecular weight is 577 g/mol. The molecule has 0 saturated carbocycles. The molecule has 3 N–H and O–H groups in total. The van der Waals surface area contributed by atoms with E-state index in [1.54, 1.807) is 20.0 Å². The fraction of sp³-hybridized carbons (Fsp3) is 0.481. The van der Waals surface area contributed by atoms with Crippen molar-refractivity contribution < 1.29 is 40.6 Å². The van der Waals surface area contributed by atoms with E-state index in [4.69, 9.17) is 0 Å². The number of carbonyl (C=O) groups excluding carboxylic acids is 1. The van der Waals surface area contributed by atoms with Crippen molar-refractivity contribution in [1.82, 2.24) is 10.2 Å². The fourth-order valence-electron chi connectivity index (χ4n) is 4.52. The molecule has 0 atom stereocenters. The van der Waals surface area contributed by atoms with Crippen LogP contribution in [0.3, 0.4) is 0 Å². The van der Waals surface area contributed by atoms with E-state index in [1.807, 2.05) is 4.90 Å². The van der Waals surface area contributed by atoms with Gasteiger partial charge in [0.2, 0.25) is 0 Å². The van der Waals surface area contributed by atoms with Crippen molar-refractivity contribution in [2.45, 2.75) is 50.7 Å². The van der Waals surface area contributed by atoms with Crippen LogP contribution in [0, 0.1) is 11.7 Å². The zero-order valence-corrected chi connectivity index (χ0v) is 22.0. The van der Waals surface area contributed by atoms with Gasteiger partial charge in [0.15, 0.2) is 0 Å². The normalized spacial score (nSPS) is 16.2. The van der Waals surface area contributed by atoms with E-state index in [9.17, 15) is 40.6 Å². The van der Waals surface area contributed by atoms with Crippen molar-refractivity contribution in [2.24, 2.45) is 10.9 Å². The Balaban J connectivity index is 1.52. The molecule has 40 heavy (non-hydrogen) atoms.